The molecule has 0 amide bonds. The van der Waals surface area contributed by atoms with Crippen LogP contribution >= 0.6 is 0 Å². The van der Waals surface area contributed by atoms with Crippen LogP contribution < -0.4 is 4.74 Å². The first-order valence-electron chi connectivity index (χ1n) is 5.95. The summed E-state index contributed by atoms with van der Waals surface area (Å²) < 4.78 is 10.5. The Morgan fingerprint density at radius 2 is 1.84 bits per heavy atom. The first-order chi connectivity index (χ1) is 9.28. The van der Waals surface area contributed by atoms with Crippen molar-refractivity contribution < 1.29 is 14.3 Å². The van der Waals surface area contributed by atoms with Crippen LogP contribution in [0.5, 0.6) is 5.75 Å². The number of esters is 1. The second-order valence-corrected chi connectivity index (χ2v) is 4.22. The maximum Gasteiger partial charge on any atom is 0.344 e. The number of benzene rings is 2. The highest BCUT2D eigenvalue weighted by Crippen LogP contribution is 2.33. The third-order valence-corrected chi connectivity index (χ3v) is 3.01. The molecule has 0 fully saturated rings. The van der Waals surface area contributed by atoms with Gasteiger partial charge >= 0.3 is 5.97 Å². The van der Waals surface area contributed by atoms with Crippen LogP contribution in [0, 0.1) is 0 Å². The van der Waals surface area contributed by atoms with E-state index in [1.807, 2.05) is 42.5 Å². The monoisotopic (exact) mass is 252 g/mol. The summed E-state index contributed by atoms with van der Waals surface area (Å²) in [5, 5.41) is 0. The van der Waals surface area contributed by atoms with Crippen molar-refractivity contribution in [2.24, 2.45) is 0 Å². The molecule has 0 radical (unpaired) electrons. The maximum atomic E-state index is 11.8. The zero-order valence-electron chi connectivity index (χ0n) is 10.4. The van der Waals surface area contributed by atoms with Gasteiger partial charge in [-0.15, -0.1) is 0 Å². The van der Waals surface area contributed by atoms with E-state index >= 15 is 0 Å². The lowest BCUT2D eigenvalue weighted by atomic mass is 10.1. The predicted molar refractivity (Wildman–Crippen MR) is 72.7 cm³/mol. The number of hydrogen-bond acceptors (Lipinski definition) is 3. The number of carbonyl (C=O) groups excluding carboxylic acids is 1. The Balaban J connectivity index is 2.08. The summed E-state index contributed by atoms with van der Waals surface area (Å²) in [5.74, 6) is 0.945. The summed E-state index contributed by atoms with van der Waals surface area (Å²) in [5.41, 5.74) is 2.33. The van der Waals surface area contributed by atoms with E-state index in [0.29, 0.717) is 17.1 Å². The number of cyclic esters (lactones) is 1. The van der Waals surface area contributed by atoms with Gasteiger partial charge in [0.05, 0.1) is 12.7 Å². The number of ether oxygens (including phenoxy) is 2. The van der Waals surface area contributed by atoms with Gasteiger partial charge in [0, 0.05) is 5.56 Å². The molecule has 94 valence electrons. The molecule has 0 spiro atoms. The summed E-state index contributed by atoms with van der Waals surface area (Å²) in [7, 11) is 1.60. The molecule has 1 heterocycles. The van der Waals surface area contributed by atoms with Crippen molar-refractivity contribution in [3.63, 3.8) is 0 Å². The average Bonchev–Trinajstić information content (AvgIpc) is 2.76. The van der Waals surface area contributed by atoms with Gasteiger partial charge in [-0.1, -0.05) is 30.3 Å². The topological polar surface area (TPSA) is 35.5 Å². The second kappa shape index (κ2) is 4.61. The third kappa shape index (κ3) is 2.10. The van der Waals surface area contributed by atoms with Gasteiger partial charge in [-0.25, -0.2) is 4.79 Å². The van der Waals surface area contributed by atoms with Gasteiger partial charge in [-0.05, 0) is 29.8 Å². The van der Waals surface area contributed by atoms with Crippen LogP contribution in [0.25, 0.3) is 11.8 Å². The van der Waals surface area contributed by atoms with Gasteiger partial charge in [0.25, 0.3) is 0 Å². The Kier molecular flexibility index (Phi) is 2.80. The minimum Gasteiger partial charge on any atom is -0.497 e. The highest BCUT2D eigenvalue weighted by molar-refractivity contribution is 6.05. The molecule has 0 saturated carbocycles. The summed E-state index contributed by atoms with van der Waals surface area (Å²) >= 11 is 0. The Bertz CT molecular complexity index is 657. The number of methoxy groups -OCH3 is 1. The summed E-state index contributed by atoms with van der Waals surface area (Å²) in [6.45, 7) is 0. The van der Waals surface area contributed by atoms with Crippen molar-refractivity contribution in [2.75, 3.05) is 7.11 Å². The van der Waals surface area contributed by atoms with Crippen molar-refractivity contribution in [3.05, 3.63) is 65.2 Å². The van der Waals surface area contributed by atoms with Gasteiger partial charge in [0.2, 0.25) is 0 Å². The third-order valence-electron chi connectivity index (χ3n) is 3.01. The van der Waals surface area contributed by atoms with Gasteiger partial charge < -0.3 is 9.47 Å². The standard InChI is InChI=1S/C16H12O3/c1-18-12-7-8-13-14(10-12)15(19-16(13)17)9-11-5-3-2-4-6-11/h2-10H,1H3/b15-9+. The van der Waals surface area contributed by atoms with E-state index in [0.717, 1.165) is 11.1 Å². The Hall–Kier alpha value is -2.55. The maximum absolute atomic E-state index is 11.8. The van der Waals surface area contributed by atoms with E-state index in [2.05, 4.69) is 0 Å². The predicted octanol–water partition coefficient (Wildman–Crippen LogP) is 3.36. The minimum absolute atomic E-state index is 0.320. The van der Waals surface area contributed by atoms with Crippen molar-refractivity contribution >= 4 is 17.8 Å². The van der Waals surface area contributed by atoms with E-state index < -0.39 is 0 Å². The smallest absolute Gasteiger partial charge is 0.344 e. The lowest BCUT2D eigenvalue weighted by Crippen LogP contribution is -1.93. The van der Waals surface area contributed by atoms with Crippen LogP contribution in [0.15, 0.2) is 48.5 Å². The molecule has 0 atom stereocenters. The molecule has 0 aliphatic carbocycles. The van der Waals surface area contributed by atoms with Gasteiger partial charge in [-0.2, -0.15) is 0 Å². The van der Waals surface area contributed by atoms with Crippen molar-refractivity contribution in [1.82, 2.24) is 0 Å². The fourth-order valence-corrected chi connectivity index (χ4v) is 2.05. The van der Waals surface area contributed by atoms with Gasteiger partial charge in [0.15, 0.2) is 0 Å². The largest absolute Gasteiger partial charge is 0.497 e. The molecule has 3 heteroatoms. The van der Waals surface area contributed by atoms with Crippen LogP contribution in [0.4, 0.5) is 0 Å². The van der Waals surface area contributed by atoms with Crippen molar-refractivity contribution in [1.29, 1.82) is 0 Å². The van der Waals surface area contributed by atoms with E-state index in [9.17, 15) is 4.79 Å². The van der Waals surface area contributed by atoms with Crippen LogP contribution in [-0.4, -0.2) is 13.1 Å². The average molecular weight is 252 g/mol. The van der Waals surface area contributed by atoms with Crippen LogP contribution in [-0.2, 0) is 4.74 Å². The SMILES string of the molecule is COc1ccc2c(c1)/C(=C\c1ccccc1)OC2=O. The van der Waals surface area contributed by atoms with E-state index in [4.69, 9.17) is 9.47 Å². The number of fused-ring (bicyclic) bond motifs is 1. The van der Waals surface area contributed by atoms with Gasteiger partial charge in [-0.3, -0.25) is 0 Å². The molecule has 0 saturated heterocycles. The molecule has 1 aliphatic rings. The first kappa shape index (κ1) is 11.5. The van der Waals surface area contributed by atoms with Gasteiger partial charge in [0.1, 0.15) is 11.5 Å². The molecular formula is C16H12O3. The minimum atomic E-state index is -0.320. The molecule has 1 aliphatic heterocycles. The zero-order valence-corrected chi connectivity index (χ0v) is 10.4. The Labute approximate surface area is 111 Å². The summed E-state index contributed by atoms with van der Waals surface area (Å²) in [4.78, 5) is 11.8. The quantitative estimate of drug-likeness (QED) is 0.769. The number of rotatable bonds is 2. The molecule has 0 aromatic heterocycles. The van der Waals surface area contributed by atoms with Crippen molar-refractivity contribution in [3.8, 4) is 5.75 Å². The fraction of sp³-hybridized carbons (Fsp3) is 0.0625. The van der Waals surface area contributed by atoms with E-state index in [-0.39, 0.29) is 5.97 Å². The molecule has 0 N–H and O–H groups in total. The van der Waals surface area contributed by atoms with Crippen LogP contribution in [0.1, 0.15) is 21.5 Å². The molecule has 3 rings (SSSR count). The molecule has 19 heavy (non-hydrogen) atoms. The highest BCUT2D eigenvalue weighted by Gasteiger charge is 2.26. The molecule has 2 aromatic rings. The second-order valence-electron chi connectivity index (χ2n) is 4.22. The molecular weight excluding hydrogens is 240 g/mol. The normalized spacial score (nSPS) is 15.2. The summed E-state index contributed by atoms with van der Waals surface area (Å²) in [6, 6.07) is 15.0. The van der Waals surface area contributed by atoms with Crippen LogP contribution in [0.2, 0.25) is 0 Å². The highest BCUT2D eigenvalue weighted by atomic mass is 16.5. The van der Waals surface area contributed by atoms with Crippen LogP contribution in [0.3, 0.4) is 0 Å². The summed E-state index contributed by atoms with van der Waals surface area (Å²) in [6.07, 6.45) is 1.85. The Morgan fingerprint density at radius 3 is 2.58 bits per heavy atom. The van der Waals surface area contributed by atoms with Crippen molar-refractivity contribution in [2.45, 2.75) is 0 Å². The molecule has 0 unspecified atom stereocenters. The first-order valence-corrected chi connectivity index (χ1v) is 5.95. The number of carbonyl (C=O) groups is 1. The lowest BCUT2D eigenvalue weighted by Gasteiger charge is -2.02. The molecule has 0 bridgehead atoms. The Morgan fingerprint density at radius 1 is 1.05 bits per heavy atom. The zero-order chi connectivity index (χ0) is 13.2. The number of hydrogen-bond donors (Lipinski definition) is 0. The van der Waals surface area contributed by atoms with E-state index in [1.165, 1.54) is 0 Å². The molecule has 3 nitrogen and oxygen atoms in total. The molecule has 2 aromatic carbocycles. The lowest BCUT2D eigenvalue weighted by molar-refractivity contribution is 0.0717. The van der Waals surface area contributed by atoms with E-state index in [1.54, 1.807) is 19.2 Å². The fourth-order valence-electron chi connectivity index (χ4n) is 2.05.